The molecule has 138 valence electrons. The molecule has 4 aromatic rings. The Labute approximate surface area is 158 Å². The molecular formula is C21H14N2O5. The molecule has 0 spiro atoms. The predicted octanol–water partition coefficient (Wildman–Crippen LogP) is 3.90. The van der Waals surface area contributed by atoms with E-state index in [9.17, 15) is 9.59 Å². The summed E-state index contributed by atoms with van der Waals surface area (Å²) in [6.07, 6.45) is 0. The molecule has 7 nitrogen and oxygen atoms in total. The number of ether oxygens (including phenoxy) is 1. The Morgan fingerprint density at radius 3 is 2.89 bits per heavy atom. The average molecular weight is 374 g/mol. The third kappa shape index (κ3) is 2.56. The Hall–Kier alpha value is -3.87. The molecule has 2 aromatic carbocycles. The van der Waals surface area contributed by atoms with Gasteiger partial charge in [0.2, 0.25) is 0 Å². The molecule has 1 aliphatic heterocycles. The van der Waals surface area contributed by atoms with Gasteiger partial charge < -0.3 is 19.0 Å². The van der Waals surface area contributed by atoms with Gasteiger partial charge in [0, 0.05) is 23.2 Å². The van der Waals surface area contributed by atoms with Gasteiger partial charge in [0.1, 0.15) is 17.9 Å². The SMILES string of the molecule is Cc1cc(=O)oc2cc(NC(=O)c3noc4c3COc3ccccc3-4)ccc12. The van der Waals surface area contributed by atoms with Crippen LogP contribution < -0.4 is 15.7 Å². The van der Waals surface area contributed by atoms with Crippen molar-refractivity contribution in [3.63, 3.8) is 0 Å². The summed E-state index contributed by atoms with van der Waals surface area (Å²) < 4.78 is 16.4. The van der Waals surface area contributed by atoms with Crippen LogP contribution in [0.25, 0.3) is 22.3 Å². The summed E-state index contributed by atoms with van der Waals surface area (Å²) in [5.74, 6) is 0.799. The van der Waals surface area contributed by atoms with Gasteiger partial charge in [0.05, 0.1) is 11.1 Å². The van der Waals surface area contributed by atoms with E-state index in [1.54, 1.807) is 18.2 Å². The fraction of sp³-hybridized carbons (Fsp3) is 0.0952. The molecule has 28 heavy (non-hydrogen) atoms. The van der Waals surface area contributed by atoms with Crippen LogP contribution in [0.2, 0.25) is 0 Å². The zero-order valence-corrected chi connectivity index (χ0v) is 14.8. The number of amides is 1. The van der Waals surface area contributed by atoms with Crippen molar-refractivity contribution in [3.8, 4) is 17.1 Å². The van der Waals surface area contributed by atoms with Gasteiger partial charge in [-0.15, -0.1) is 0 Å². The molecule has 3 heterocycles. The molecule has 5 rings (SSSR count). The second-order valence-electron chi connectivity index (χ2n) is 6.54. The zero-order valence-electron chi connectivity index (χ0n) is 14.8. The highest BCUT2D eigenvalue weighted by molar-refractivity contribution is 6.05. The van der Waals surface area contributed by atoms with Crippen LogP contribution in [0.3, 0.4) is 0 Å². The molecule has 2 aromatic heterocycles. The van der Waals surface area contributed by atoms with E-state index in [1.807, 2.05) is 31.2 Å². The number of anilines is 1. The van der Waals surface area contributed by atoms with Gasteiger partial charge in [-0.2, -0.15) is 0 Å². The van der Waals surface area contributed by atoms with E-state index in [0.717, 1.165) is 16.5 Å². The minimum absolute atomic E-state index is 0.162. The van der Waals surface area contributed by atoms with Crippen LogP contribution >= 0.6 is 0 Å². The Morgan fingerprint density at radius 2 is 2.00 bits per heavy atom. The number of fused-ring (bicyclic) bond motifs is 4. The smallest absolute Gasteiger partial charge is 0.336 e. The molecule has 1 N–H and O–H groups in total. The van der Waals surface area contributed by atoms with Gasteiger partial charge in [0.15, 0.2) is 11.5 Å². The quantitative estimate of drug-likeness (QED) is 0.535. The average Bonchev–Trinajstić information content (AvgIpc) is 3.12. The molecular weight excluding hydrogens is 360 g/mol. The highest BCUT2D eigenvalue weighted by Crippen LogP contribution is 2.38. The van der Waals surface area contributed by atoms with Gasteiger partial charge in [-0.05, 0) is 36.8 Å². The fourth-order valence-corrected chi connectivity index (χ4v) is 3.36. The van der Waals surface area contributed by atoms with E-state index in [-0.39, 0.29) is 12.3 Å². The molecule has 0 unspecified atom stereocenters. The molecule has 1 aliphatic rings. The maximum absolute atomic E-state index is 12.7. The van der Waals surface area contributed by atoms with E-state index >= 15 is 0 Å². The number of aryl methyl sites for hydroxylation is 1. The van der Waals surface area contributed by atoms with Crippen LogP contribution in [0.4, 0.5) is 5.69 Å². The lowest BCUT2D eigenvalue weighted by atomic mass is 10.0. The molecule has 7 heteroatoms. The summed E-state index contributed by atoms with van der Waals surface area (Å²) in [6.45, 7) is 2.03. The number of hydrogen-bond acceptors (Lipinski definition) is 6. The molecule has 1 amide bonds. The van der Waals surface area contributed by atoms with Gasteiger partial charge in [-0.1, -0.05) is 17.3 Å². The number of nitrogens with zero attached hydrogens (tertiary/aromatic N) is 1. The highest BCUT2D eigenvalue weighted by Gasteiger charge is 2.28. The van der Waals surface area contributed by atoms with E-state index in [4.69, 9.17) is 13.7 Å². The number of hydrogen-bond donors (Lipinski definition) is 1. The number of aromatic nitrogens is 1. The number of rotatable bonds is 2. The van der Waals surface area contributed by atoms with E-state index in [2.05, 4.69) is 10.5 Å². The van der Waals surface area contributed by atoms with E-state index < -0.39 is 11.5 Å². The summed E-state index contributed by atoms with van der Waals surface area (Å²) >= 11 is 0. The number of benzene rings is 2. The number of carbonyl (C=O) groups excluding carboxylic acids is 1. The first kappa shape index (κ1) is 16.3. The lowest BCUT2D eigenvalue weighted by Crippen LogP contribution is -2.16. The number of nitrogens with one attached hydrogen (secondary N) is 1. The second kappa shape index (κ2) is 6.09. The van der Waals surface area contributed by atoms with Crippen molar-refractivity contribution in [2.24, 2.45) is 0 Å². The standard InChI is InChI=1S/C21H14N2O5/c1-11-8-18(24)27-17-9-12(6-7-13(11)17)22-21(25)19-15-10-26-16-5-3-2-4-14(16)20(15)28-23-19/h2-9H,10H2,1H3,(H,22,25). The van der Waals surface area contributed by atoms with Crippen LogP contribution in [-0.4, -0.2) is 11.1 Å². The van der Waals surface area contributed by atoms with Crippen LogP contribution in [0.5, 0.6) is 5.75 Å². The third-order valence-corrected chi connectivity index (χ3v) is 4.72. The molecule has 0 radical (unpaired) electrons. The first-order valence-corrected chi connectivity index (χ1v) is 8.67. The minimum atomic E-state index is -0.435. The van der Waals surface area contributed by atoms with Crippen molar-refractivity contribution in [1.82, 2.24) is 5.16 Å². The fourth-order valence-electron chi connectivity index (χ4n) is 3.36. The minimum Gasteiger partial charge on any atom is -0.488 e. The number of carbonyl (C=O) groups is 1. The zero-order chi connectivity index (χ0) is 19.3. The van der Waals surface area contributed by atoms with E-state index in [0.29, 0.717) is 28.3 Å². The summed E-state index contributed by atoms with van der Waals surface area (Å²) in [6, 6.07) is 14.0. The summed E-state index contributed by atoms with van der Waals surface area (Å²) in [4.78, 5) is 24.3. The Bertz CT molecular complexity index is 1300. The number of para-hydroxylation sites is 1. The van der Waals surface area contributed by atoms with E-state index in [1.165, 1.54) is 6.07 Å². The Kier molecular flexibility index (Phi) is 3.55. The van der Waals surface area contributed by atoms with Crippen molar-refractivity contribution >= 4 is 22.6 Å². The summed E-state index contributed by atoms with van der Waals surface area (Å²) in [7, 11) is 0. The Morgan fingerprint density at radius 1 is 1.14 bits per heavy atom. The maximum Gasteiger partial charge on any atom is 0.336 e. The van der Waals surface area contributed by atoms with Gasteiger partial charge in [-0.3, -0.25) is 4.79 Å². The predicted molar refractivity (Wildman–Crippen MR) is 101 cm³/mol. The van der Waals surface area contributed by atoms with Crippen molar-refractivity contribution < 1.29 is 18.5 Å². The monoisotopic (exact) mass is 374 g/mol. The van der Waals surface area contributed by atoms with Crippen LogP contribution in [0.1, 0.15) is 21.6 Å². The van der Waals surface area contributed by atoms with Crippen molar-refractivity contribution in [2.75, 3.05) is 5.32 Å². The molecule has 0 fully saturated rings. The van der Waals surface area contributed by atoms with Crippen LogP contribution in [-0.2, 0) is 6.61 Å². The maximum atomic E-state index is 12.7. The van der Waals surface area contributed by atoms with Crippen molar-refractivity contribution in [2.45, 2.75) is 13.5 Å². The first-order valence-electron chi connectivity index (χ1n) is 8.67. The topological polar surface area (TPSA) is 94.6 Å². The van der Waals surface area contributed by atoms with Crippen LogP contribution in [0, 0.1) is 6.92 Å². The first-order chi connectivity index (χ1) is 13.6. The summed E-state index contributed by atoms with van der Waals surface area (Å²) in [5.41, 5.74) is 2.79. The lowest BCUT2D eigenvalue weighted by molar-refractivity contribution is 0.101. The molecule has 0 saturated heterocycles. The highest BCUT2D eigenvalue weighted by atomic mass is 16.5. The molecule has 0 atom stereocenters. The third-order valence-electron chi connectivity index (χ3n) is 4.72. The van der Waals surface area contributed by atoms with Gasteiger partial charge >= 0.3 is 5.63 Å². The van der Waals surface area contributed by atoms with Crippen molar-refractivity contribution in [3.05, 3.63) is 75.8 Å². The lowest BCUT2D eigenvalue weighted by Gasteiger charge is -2.15. The van der Waals surface area contributed by atoms with Crippen LogP contribution in [0.15, 0.2) is 62.3 Å². The van der Waals surface area contributed by atoms with Gasteiger partial charge in [0.25, 0.3) is 5.91 Å². The summed E-state index contributed by atoms with van der Waals surface area (Å²) in [5, 5.41) is 7.52. The molecule has 0 aliphatic carbocycles. The molecule has 0 saturated carbocycles. The van der Waals surface area contributed by atoms with Crippen molar-refractivity contribution in [1.29, 1.82) is 0 Å². The Balaban J connectivity index is 1.48. The molecule has 0 bridgehead atoms. The normalized spacial score (nSPS) is 12.2. The van der Waals surface area contributed by atoms with Gasteiger partial charge in [-0.25, -0.2) is 4.79 Å². The largest absolute Gasteiger partial charge is 0.488 e. The second-order valence-corrected chi connectivity index (χ2v) is 6.54.